The van der Waals surface area contributed by atoms with E-state index in [-0.39, 0.29) is 32.0 Å². The third-order valence-corrected chi connectivity index (χ3v) is 5.30. The van der Waals surface area contributed by atoms with E-state index in [1.165, 1.54) is 0 Å². The highest BCUT2D eigenvalue weighted by Gasteiger charge is 2.27. The standard InChI is InChI=1S/C16H18F2N2O2S.ClH/c17-14-6-7-15(18)16(12-14)23(21,22)20(11-9-19)10-8-13-4-2-1-3-5-13;/h1-7,12H,8-11,19H2;1H. The number of halogens is 3. The van der Waals surface area contributed by atoms with Gasteiger partial charge in [0.15, 0.2) is 0 Å². The normalized spacial score (nSPS) is 11.3. The van der Waals surface area contributed by atoms with Gasteiger partial charge >= 0.3 is 0 Å². The molecule has 0 aliphatic carbocycles. The van der Waals surface area contributed by atoms with E-state index in [0.29, 0.717) is 12.5 Å². The van der Waals surface area contributed by atoms with Crippen molar-refractivity contribution < 1.29 is 17.2 Å². The van der Waals surface area contributed by atoms with Crippen molar-refractivity contribution in [3.8, 4) is 0 Å². The van der Waals surface area contributed by atoms with Crippen LogP contribution in [0.15, 0.2) is 53.4 Å². The van der Waals surface area contributed by atoms with Crippen molar-refractivity contribution >= 4 is 22.4 Å². The van der Waals surface area contributed by atoms with Gasteiger partial charge in [0.05, 0.1) is 0 Å². The van der Waals surface area contributed by atoms with Crippen molar-refractivity contribution in [3.05, 3.63) is 65.7 Å². The second kappa shape index (κ2) is 9.08. The van der Waals surface area contributed by atoms with Crippen molar-refractivity contribution in [2.75, 3.05) is 19.6 Å². The van der Waals surface area contributed by atoms with Crippen LogP contribution in [0, 0.1) is 11.6 Å². The van der Waals surface area contributed by atoms with Crippen LogP contribution in [0.2, 0.25) is 0 Å². The zero-order valence-corrected chi connectivity index (χ0v) is 14.5. The summed E-state index contributed by atoms with van der Waals surface area (Å²) in [6, 6.07) is 11.7. The molecule has 132 valence electrons. The Balaban J connectivity index is 0.00000288. The molecule has 0 aromatic heterocycles. The van der Waals surface area contributed by atoms with E-state index in [4.69, 9.17) is 5.73 Å². The molecular weight excluding hydrogens is 358 g/mol. The van der Waals surface area contributed by atoms with Gasteiger partial charge in [0.25, 0.3) is 0 Å². The Labute approximate surface area is 146 Å². The van der Waals surface area contributed by atoms with Gasteiger partial charge in [-0.1, -0.05) is 30.3 Å². The highest BCUT2D eigenvalue weighted by Crippen LogP contribution is 2.20. The minimum absolute atomic E-state index is 0. The van der Waals surface area contributed by atoms with Gasteiger partial charge in [-0.2, -0.15) is 4.31 Å². The molecular formula is C16H19ClF2N2O2S. The van der Waals surface area contributed by atoms with E-state index in [2.05, 4.69) is 0 Å². The first-order valence-corrected chi connectivity index (χ1v) is 8.58. The van der Waals surface area contributed by atoms with Gasteiger partial charge in [-0.15, -0.1) is 12.4 Å². The summed E-state index contributed by atoms with van der Waals surface area (Å²) >= 11 is 0. The quantitative estimate of drug-likeness (QED) is 0.807. The van der Waals surface area contributed by atoms with Gasteiger partial charge in [-0.25, -0.2) is 17.2 Å². The Hall–Kier alpha value is -1.54. The molecule has 0 spiro atoms. The van der Waals surface area contributed by atoms with E-state index in [1.807, 2.05) is 30.3 Å². The Morgan fingerprint density at radius 3 is 2.29 bits per heavy atom. The van der Waals surface area contributed by atoms with Crippen molar-refractivity contribution in [1.29, 1.82) is 0 Å². The molecule has 0 unspecified atom stereocenters. The SMILES string of the molecule is Cl.NCCN(CCc1ccccc1)S(=O)(=O)c1cc(F)ccc1F. The van der Waals surface area contributed by atoms with Gasteiger partial charge in [0.1, 0.15) is 16.5 Å². The summed E-state index contributed by atoms with van der Waals surface area (Å²) in [4.78, 5) is -0.668. The van der Waals surface area contributed by atoms with E-state index < -0.39 is 26.6 Å². The summed E-state index contributed by atoms with van der Waals surface area (Å²) in [5.74, 6) is -1.78. The smallest absolute Gasteiger partial charge is 0.246 e. The molecule has 0 bridgehead atoms. The first kappa shape index (κ1) is 20.5. The Kier molecular flexibility index (Phi) is 7.75. The fraction of sp³-hybridized carbons (Fsp3) is 0.250. The average molecular weight is 377 g/mol. The number of sulfonamides is 1. The molecule has 0 fully saturated rings. The number of hydrogen-bond donors (Lipinski definition) is 1. The molecule has 0 saturated heterocycles. The predicted octanol–water partition coefficient (Wildman–Crippen LogP) is 2.58. The third kappa shape index (κ3) is 4.98. The summed E-state index contributed by atoms with van der Waals surface area (Å²) < 4.78 is 53.4. The molecule has 0 amide bonds. The van der Waals surface area contributed by atoms with Crippen LogP contribution in [0.3, 0.4) is 0 Å². The summed E-state index contributed by atoms with van der Waals surface area (Å²) in [5, 5.41) is 0. The molecule has 8 heteroatoms. The zero-order valence-electron chi connectivity index (χ0n) is 12.9. The highest BCUT2D eigenvalue weighted by atomic mass is 35.5. The van der Waals surface area contributed by atoms with Crippen LogP contribution in [0.4, 0.5) is 8.78 Å². The maximum absolute atomic E-state index is 13.8. The zero-order chi connectivity index (χ0) is 16.9. The van der Waals surface area contributed by atoms with Gasteiger partial charge in [-0.05, 0) is 30.2 Å². The molecule has 0 aliphatic rings. The first-order chi connectivity index (χ1) is 10.9. The molecule has 0 aliphatic heterocycles. The van der Waals surface area contributed by atoms with Gasteiger partial charge in [0.2, 0.25) is 10.0 Å². The number of nitrogens with two attached hydrogens (primary N) is 1. The van der Waals surface area contributed by atoms with Gasteiger partial charge in [0, 0.05) is 19.6 Å². The summed E-state index contributed by atoms with van der Waals surface area (Å²) in [5.41, 5.74) is 6.42. The Morgan fingerprint density at radius 2 is 1.67 bits per heavy atom. The van der Waals surface area contributed by atoms with E-state index in [0.717, 1.165) is 22.0 Å². The monoisotopic (exact) mass is 376 g/mol. The lowest BCUT2D eigenvalue weighted by Crippen LogP contribution is -2.37. The van der Waals surface area contributed by atoms with E-state index in [1.54, 1.807) is 0 Å². The third-order valence-electron chi connectivity index (χ3n) is 3.38. The maximum Gasteiger partial charge on any atom is 0.246 e. The fourth-order valence-corrected chi connectivity index (χ4v) is 3.74. The van der Waals surface area contributed by atoms with Gasteiger partial charge in [-0.3, -0.25) is 0 Å². The molecule has 2 N–H and O–H groups in total. The molecule has 2 aromatic carbocycles. The lowest BCUT2D eigenvalue weighted by Gasteiger charge is -2.22. The van der Waals surface area contributed by atoms with Crippen LogP contribution in [-0.2, 0) is 16.4 Å². The molecule has 2 rings (SSSR count). The Bertz CT molecular complexity index is 758. The maximum atomic E-state index is 13.8. The molecule has 4 nitrogen and oxygen atoms in total. The van der Waals surface area contributed by atoms with Crippen LogP contribution >= 0.6 is 12.4 Å². The Morgan fingerprint density at radius 1 is 1.00 bits per heavy atom. The van der Waals surface area contributed by atoms with Crippen molar-refractivity contribution in [2.24, 2.45) is 5.73 Å². The van der Waals surface area contributed by atoms with E-state index in [9.17, 15) is 17.2 Å². The molecule has 0 radical (unpaired) electrons. The second-order valence-corrected chi connectivity index (χ2v) is 6.91. The predicted molar refractivity (Wildman–Crippen MR) is 91.6 cm³/mol. The number of rotatable bonds is 7. The minimum Gasteiger partial charge on any atom is -0.329 e. The van der Waals surface area contributed by atoms with Crippen molar-refractivity contribution in [1.82, 2.24) is 4.31 Å². The number of benzene rings is 2. The average Bonchev–Trinajstić information content (AvgIpc) is 2.54. The molecule has 24 heavy (non-hydrogen) atoms. The molecule has 0 saturated carbocycles. The van der Waals surface area contributed by atoms with Gasteiger partial charge < -0.3 is 5.73 Å². The van der Waals surface area contributed by atoms with Crippen LogP contribution in [0.5, 0.6) is 0 Å². The first-order valence-electron chi connectivity index (χ1n) is 7.14. The lowest BCUT2D eigenvalue weighted by molar-refractivity contribution is 0.417. The van der Waals surface area contributed by atoms with Crippen LogP contribution in [0.25, 0.3) is 0 Å². The number of nitrogens with zero attached hydrogens (tertiary/aromatic N) is 1. The molecule has 0 heterocycles. The van der Waals surface area contributed by atoms with Crippen molar-refractivity contribution in [2.45, 2.75) is 11.3 Å². The van der Waals surface area contributed by atoms with Crippen LogP contribution < -0.4 is 5.73 Å². The van der Waals surface area contributed by atoms with Crippen molar-refractivity contribution in [3.63, 3.8) is 0 Å². The molecule has 2 aromatic rings. The summed E-state index contributed by atoms with van der Waals surface area (Å²) in [6.07, 6.45) is 0.455. The summed E-state index contributed by atoms with van der Waals surface area (Å²) in [6.45, 7) is 0.259. The van der Waals surface area contributed by atoms with Crippen LogP contribution in [-0.4, -0.2) is 32.4 Å². The van der Waals surface area contributed by atoms with Crippen LogP contribution in [0.1, 0.15) is 5.56 Å². The lowest BCUT2D eigenvalue weighted by atomic mass is 10.1. The second-order valence-electron chi connectivity index (χ2n) is 5.00. The topological polar surface area (TPSA) is 63.4 Å². The molecule has 0 atom stereocenters. The number of hydrogen-bond acceptors (Lipinski definition) is 3. The largest absolute Gasteiger partial charge is 0.329 e. The summed E-state index contributed by atoms with van der Waals surface area (Å²) in [7, 11) is -4.15. The highest BCUT2D eigenvalue weighted by molar-refractivity contribution is 7.89. The minimum atomic E-state index is -4.15. The van der Waals surface area contributed by atoms with E-state index >= 15 is 0 Å². The fourth-order valence-electron chi connectivity index (χ4n) is 2.21.